The fourth-order valence-corrected chi connectivity index (χ4v) is 5.05. The van der Waals surface area contributed by atoms with E-state index in [1.54, 1.807) is 0 Å². The van der Waals surface area contributed by atoms with Gasteiger partial charge in [-0.3, -0.25) is 4.79 Å². The number of alkyl halides is 13. The summed E-state index contributed by atoms with van der Waals surface area (Å²) in [6.07, 6.45) is -25.4. The zero-order valence-electron chi connectivity index (χ0n) is 20.1. The van der Waals surface area contributed by atoms with Crippen LogP contribution in [0, 0.1) is 11.3 Å². The van der Waals surface area contributed by atoms with Crippen molar-refractivity contribution in [2.45, 2.75) is 113 Å². The van der Waals surface area contributed by atoms with Crippen molar-refractivity contribution in [3.05, 3.63) is 0 Å². The molecule has 17 heteroatoms. The summed E-state index contributed by atoms with van der Waals surface area (Å²) >= 11 is 0. The summed E-state index contributed by atoms with van der Waals surface area (Å²) in [7, 11) is 0. The molecule has 1 aliphatic heterocycles. The predicted octanol–water partition coefficient (Wildman–Crippen LogP) is 7.09. The highest BCUT2D eigenvalue weighted by atomic mass is 19.4. The molecular formula is C21H25F13O4. The van der Waals surface area contributed by atoms with Crippen molar-refractivity contribution >= 4 is 5.97 Å². The van der Waals surface area contributed by atoms with E-state index >= 15 is 17.6 Å². The SMILES string of the molecule is CCC(C)(C(=O)OC1(C2CCCCC2)C(F)(F)C(O)(C(F)(F)F)OC(CC)(C(F)(F)F)C1(F)F)C(F)(F)F. The van der Waals surface area contributed by atoms with E-state index in [0.29, 0.717) is 6.92 Å². The van der Waals surface area contributed by atoms with Crippen LogP contribution in [0.15, 0.2) is 0 Å². The van der Waals surface area contributed by atoms with Crippen LogP contribution in [-0.2, 0) is 14.3 Å². The Morgan fingerprint density at radius 3 is 1.68 bits per heavy atom. The number of rotatable bonds is 5. The molecule has 0 spiro atoms. The number of carbonyl (C=O) groups is 1. The lowest BCUT2D eigenvalue weighted by molar-refractivity contribution is -0.564. The second-order valence-corrected chi connectivity index (χ2v) is 9.71. The van der Waals surface area contributed by atoms with Crippen molar-refractivity contribution in [1.82, 2.24) is 0 Å². The average molecular weight is 588 g/mol. The molecule has 0 radical (unpaired) electrons. The molecule has 0 aromatic carbocycles. The zero-order valence-corrected chi connectivity index (χ0v) is 20.1. The first kappa shape index (κ1) is 32.7. The van der Waals surface area contributed by atoms with Crippen molar-refractivity contribution in [3.8, 4) is 0 Å². The van der Waals surface area contributed by atoms with E-state index in [9.17, 15) is 49.4 Å². The van der Waals surface area contributed by atoms with Crippen molar-refractivity contribution in [2.24, 2.45) is 11.3 Å². The van der Waals surface area contributed by atoms with Crippen LogP contribution in [0.25, 0.3) is 0 Å². The van der Waals surface area contributed by atoms with Gasteiger partial charge >= 0.3 is 42.1 Å². The third kappa shape index (κ3) is 3.99. The van der Waals surface area contributed by atoms with Gasteiger partial charge in [0.05, 0.1) is 0 Å². The summed E-state index contributed by atoms with van der Waals surface area (Å²) < 4.78 is 197. The predicted molar refractivity (Wildman–Crippen MR) is 101 cm³/mol. The van der Waals surface area contributed by atoms with E-state index < -0.39 is 90.3 Å². The van der Waals surface area contributed by atoms with Gasteiger partial charge in [0.2, 0.25) is 11.2 Å². The molecule has 0 aromatic heterocycles. The van der Waals surface area contributed by atoms with Crippen LogP contribution < -0.4 is 0 Å². The van der Waals surface area contributed by atoms with Gasteiger partial charge < -0.3 is 14.6 Å². The first-order chi connectivity index (χ1) is 16.8. The molecule has 0 aromatic rings. The Labute approximate surface area is 207 Å². The van der Waals surface area contributed by atoms with E-state index in [1.165, 1.54) is 0 Å². The van der Waals surface area contributed by atoms with E-state index in [0.717, 1.165) is 0 Å². The minimum Gasteiger partial charge on any atom is -0.445 e. The number of carbonyl (C=O) groups excluding carboxylic acids is 1. The van der Waals surface area contributed by atoms with Crippen LogP contribution in [0.2, 0.25) is 0 Å². The number of halogens is 13. The lowest BCUT2D eigenvalue weighted by Gasteiger charge is -2.62. The second-order valence-electron chi connectivity index (χ2n) is 9.71. The van der Waals surface area contributed by atoms with Crippen molar-refractivity contribution < 1.29 is 76.5 Å². The maximum Gasteiger partial charge on any atom is 0.449 e. The standard InChI is InChI=1S/C21H25F13O4/c1-4-13(3,19(26,27)28)12(35)37-15(11-9-7-6-8-10-11)16(22,23)14(5-2,20(29,30)31)38-18(36,17(15,24)25)21(32,33)34/h11,36H,4-10H2,1-3H3. The molecule has 1 saturated heterocycles. The Hall–Kier alpha value is -1.52. The lowest BCUT2D eigenvalue weighted by atomic mass is 9.61. The zero-order chi connectivity index (χ0) is 30.0. The highest BCUT2D eigenvalue weighted by molar-refractivity contribution is 5.78. The number of hydrogen-bond donors (Lipinski definition) is 1. The van der Waals surface area contributed by atoms with Crippen molar-refractivity contribution in [1.29, 1.82) is 0 Å². The van der Waals surface area contributed by atoms with E-state index in [2.05, 4.69) is 9.47 Å². The molecule has 0 bridgehead atoms. The fraction of sp³-hybridized carbons (Fsp3) is 0.952. The fourth-order valence-electron chi connectivity index (χ4n) is 5.05. The highest BCUT2D eigenvalue weighted by Gasteiger charge is 2.97. The number of esters is 1. The largest absolute Gasteiger partial charge is 0.449 e. The molecule has 0 amide bonds. The Morgan fingerprint density at radius 2 is 1.34 bits per heavy atom. The van der Waals surface area contributed by atoms with Gasteiger partial charge in [0.1, 0.15) is 0 Å². The Balaban J connectivity index is 3.12. The topological polar surface area (TPSA) is 55.8 Å². The molecule has 2 rings (SSSR count). The van der Waals surface area contributed by atoms with Crippen LogP contribution in [0.4, 0.5) is 57.1 Å². The summed E-state index contributed by atoms with van der Waals surface area (Å²) in [6, 6.07) is 0. The van der Waals surface area contributed by atoms with Crippen LogP contribution in [0.5, 0.6) is 0 Å². The maximum absolute atomic E-state index is 16.1. The first-order valence-corrected chi connectivity index (χ1v) is 11.4. The number of ether oxygens (including phenoxy) is 2. The Morgan fingerprint density at radius 1 is 0.868 bits per heavy atom. The van der Waals surface area contributed by atoms with Gasteiger partial charge in [-0.15, -0.1) is 0 Å². The highest BCUT2D eigenvalue weighted by Crippen LogP contribution is 2.70. The van der Waals surface area contributed by atoms with Crippen LogP contribution in [0.3, 0.4) is 0 Å². The monoisotopic (exact) mass is 588 g/mol. The van der Waals surface area contributed by atoms with E-state index in [-0.39, 0.29) is 33.1 Å². The van der Waals surface area contributed by atoms with Gasteiger partial charge in [-0.05, 0) is 32.6 Å². The maximum atomic E-state index is 16.1. The van der Waals surface area contributed by atoms with Crippen LogP contribution in [-0.4, -0.2) is 58.4 Å². The quantitative estimate of drug-likeness (QED) is 0.275. The van der Waals surface area contributed by atoms with Crippen molar-refractivity contribution in [2.75, 3.05) is 0 Å². The summed E-state index contributed by atoms with van der Waals surface area (Å²) in [6.45, 7) is 0.827. The molecule has 1 N–H and O–H groups in total. The summed E-state index contributed by atoms with van der Waals surface area (Å²) in [4.78, 5) is 12.8. The second kappa shape index (κ2) is 9.26. The molecule has 1 heterocycles. The molecule has 38 heavy (non-hydrogen) atoms. The third-order valence-electron chi connectivity index (χ3n) is 7.74. The summed E-state index contributed by atoms with van der Waals surface area (Å²) in [5.41, 5.74) is -15.0. The molecule has 1 saturated carbocycles. The normalized spacial score (nSPS) is 34.4. The van der Waals surface area contributed by atoms with Crippen LogP contribution >= 0.6 is 0 Å². The molecule has 4 unspecified atom stereocenters. The summed E-state index contributed by atoms with van der Waals surface area (Å²) in [5.74, 6) is -25.0. The molecule has 2 aliphatic rings. The molecule has 4 atom stereocenters. The van der Waals surface area contributed by atoms with Crippen LogP contribution in [0.1, 0.15) is 65.7 Å². The molecular weight excluding hydrogens is 563 g/mol. The van der Waals surface area contributed by atoms with Gasteiger partial charge in [0.25, 0.3) is 0 Å². The molecule has 1 aliphatic carbocycles. The smallest absolute Gasteiger partial charge is 0.445 e. The number of aliphatic hydroxyl groups is 1. The first-order valence-electron chi connectivity index (χ1n) is 11.4. The number of hydrogen-bond acceptors (Lipinski definition) is 4. The molecule has 4 nitrogen and oxygen atoms in total. The van der Waals surface area contributed by atoms with Crippen molar-refractivity contribution in [3.63, 3.8) is 0 Å². The van der Waals surface area contributed by atoms with Gasteiger partial charge in [-0.25, -0.2) is 0 Å². The Kier molecular flexibility index (Phi) is 7.97. The average Bonchev–Trinajstić information content (AvgIpc) is 2.76. The molecule has 2 fully saturated rings. The minimum atomic E-state index is -6.93. The van der Waals surface area contributed by atoms with E-state index in [1.807, 2.05) is 0 Å². The van der Waals surface area contributed by atoms with Gasteiger partial charge in [0, 0.05) is 5.92 Å². The van der Waals surface area contributed by atoms with Gasteiger partial charge in [0.15, 0.2) is 5.41 Å². The van der Waals surface area contributed by atoms with Gasteiger partial charge in [-0.1, -0.05) is 33.1 Å². The minimum absolute atomic E-state index is 0.00625. The Bertz CT molecular complexity index is 893. The van der Waals surface area contributed by atoms with Gasteiger partial charge in [-0.2, -0.15) is 57.1 Å². The lowest BCUT2D eigenvalue weighted by Crippen LogP contribution is -2.89. The summed E-state index contributed by atoms with van der Waals surface area (Å²) in [5, 5.41) is 10.1. The molecule has 224 valence electrons. The van der Waals surface area contributed by atoms with E-state index in [4.69, 9.17) is 0 Å². The third-order valence-corrected chi connectivity index (χ3v) is 7.74.